The average molecular weight is 529 g/mol. The Bertz CT molecular complexity index is 1970. The van der Waals surface area contributed by atoms with Gasteiger partial charge in [-0.3, -0.25) is 4.98 Å². The lowest BCUT2D eigenvalue weighted by molar-refractivity contribution is 0.448. The highest BCUT2D eigenvalue weighted by Gasteiger charge is 2.12. The summed E-state index contributed by atoms with van der Waals surface area (Å²) in [7, 11) is 0. The zero-order valence-corrected chi connectivity index (χ0v) is 20.9. The van der Waals surface area contributed by atoms with Crippen molar-refractivity contribution >= 4 is 22.0 Å². The minimum atomic E-state index is -1.47. The van der Waals surface area contributed by atoms with Crippen LogP contribution in [0.25, 0.3) is 66.8 Å². The number of hydrogen-bond acceptors (Lipinski definition) is 3. The van der Waals surface area contributed by atoms with Crippen LogP contribution < -0.4 is 0 Å². The first-order valence-corrected chi connectivity index (χ1v) is 12.6. The van der Waals surface area contributed by atoms with Crippen LogP contribution >= 0.6 is 0 Å². The predicted octanol–water partition coefficient (Wildman–Crippen LogP) is 9.46. The topological polar surface area (TPSA) is 38.9 Å². The molecular formula is C34H19F3N2O. The Morgan fingerprint density at radius 1 is 0.500 bits per heavy atom. The molecule has 0 fully saturated rings. The highest BCUT2D eigenvalue weighted by Crippen LogP contribution is 2.31. The van der Waals surface area contributed by atoms with Gasteiger partial charge in [-0.25, -0.2) is 18.2 Å². The zero-order valence-electron chi connectivity index (χ0n) is 20.9. The SMILES string of the molecule is Fc1cc(-c2ccc(-c3ccc4cc(-c5ccc(-c6nc7ccccc7o6)cc5)cnc4c3)cc2)cc(F)c1F. The van der Waals surface area contributed by atoms with Gasteiger partial charge >= 0.3 is 0 Å². The molecule has 0 aliphatic carbocycles. The third-order valence-corrected chi connectivity index (χ3v) is 6.98. The molecule has 0 amide bonds. The Balaban J connectivity index is 1.14. The van der Waals surface area contributed by atoms with Crippen LogP contribution in [-0.4, -0.2) is 9.97 Å². The quantitative estimate of drug-likeness (QED) is 0.214. The van der Waals surface area contributed by atoms with E-state index in [1.807, 2.05) is 85.1 Å². The first kappa shape index (κ1) is 23.9. The molecule has 0 radical (unpaired) electrons. The molecule has 0 saturated heterocycles. The molecule has 0 unspecified atom stereocenters. The highest BCUT2D eigenvalue weighted by atomic mass is 19.2. The second kappa shape index (κ2) is 9.50. The lowest BCUT2D eigenvalue weighted by Crippen LogP contribution is -1.91. The monoisotopic (exact) mass is 528 g/mol. The molecule has 40 heavy (non-hydrogen) atoms. The van der Waals surface area contributed by atoms with Crippen LogP contribution in [0.5, 0.6) is 0 Å². The van der Waals surface area contributed by atoms with E-state index in [0.717, 1.165) is 62.0 Å². The molecule has 7 rings (SSSR count). The predicted molar refractivity (Wildman–Crippen MR) is 151 cm³/mol. The van der Waals surface area contributed by atoms with Crippen molar-refractivity contribution in [2.24, 2.45) is 0 Å². The van der Waals surface area contributed by atoms with Gasteiger partial charge in [-0.05, 0) is 76.3 Å². The molecule has 0 aliphatic heterocycles. The number of fused-ring (bicyclic) bond motifs is 2. The molecule has 192 valence electrons. The molecule has 5 aromatic carbocycles. The molecule has 0 aliphatic rings. The molecule has 2 aromatic heterocycles. The minimum Gasteiger partial charge on any atom is -0.436 e. The van der Waals surface area contributed by atoms with Crippen LogP contribution in [0.4, 0.5) is 13.2 Å². The van der Waals surface area contributed by atoms with Crippen LogP contribution in [0.1, 0.15) is 0 Å². The fraction of sp³-hybridized carbons (Fsp3) is 0. The molecule has 0 bridgehead atoms. The molecule has 2 heterocycles. The Morgan fingerprint density at radius 2 is 1.10 bits per heavy atom. The molecule has 0 N–H and O–H groups in total. The normalized spacial score (nSPS) is 11.4. The van der Waals surface area contributed by atoms with Crippen molar-refractivity contribution in [2.45, 2.75) is 0 Å². The van der Waals surface area contributed by atoms with Gasteiger partial charge in [0.25, 0.3) is 0 Å². The third kappa shape index (κ3) is 4.29. The van der Waals surface area contributed by atoms with Gasteiger partial charge in [-0.15, -0.1) is 0 Å². The van der Waals surface area contributed by atoms with Crippen LogP contribution in [0, 0.1) is 17.5 Å². The summed E-state index contributed by atoms with van der Waals surface area (Å²) in [4.78, 5) is 9.26. The number of halogens is 3. The zero-order chi connectivity index (χ0) is 27.2. The van der Waals surface area contributed by atoms with E-state index >= 15 is 0 Å². The van der Waals surface area contributed by atoms with Crippen molar-refractivity contribution in [2.75, 3.05) is 0 Å². The van der Waals surface area contributed by atoms with Gasteiger partial charge in [-0.1, -0.05) is 60.7 Å². The van der Waals surface area contributed by atoms with E-state index in [0.29, 0.717) is 11.5 Å². The van der Waals surface area contributed by atoms with E-state index in [1.54, 1.807) is 12.1 Å². The van der Waals surface area contributed by atoms with E-state index in [-0.39, 0.29) is 5.56 Å². The van der Waals surface area contributed by atoms with Crippen LogP contribution in [0.15, 0.2) is 120 Å². The molecule has 6 heteroatoms. The van der Waals surface area contributed by atoms with Crippen molar-refractivity contribution in [3.63, 3.8) is 0 Å². The Kier molecular flexibility index (Phi) is 5.67. The van der Waals surface area contributed by atoms with E-state index in [2.05, 4.69) is 11.1 Å². The maximum absolute atomic E-state index is 13.7. The summed E-state index contributed by atoms with van der Waals surface area (Å²) < 4.78 is 46.5. The highest BCUT2D eigenvalue weighted by molar-refractivity contribution is 5.88. The lowest BCUT2D eigenvalue weighted by atomic mass is 9.98. The van der Waals surface area contributed by atoms with Crippen molar-refractivity contribution in [3.8, 4) is 44.8 Å². The summed E-state index contributed by atoms with van der Waals surface area (Å²) in [6.45, 7) is 0. The minimum absolute atomic E-state index is 0.276. The number of hydrogen-bond donors (Lipinski definition) is 0. The van der Waals surface area contributed by atoms with E-state index in [4.69, 9.17) is 9.40 Å². The Labute approximate surface area is 227 Å². The summed E-state index contributed by atoms with van der Waals surface area (Å²) in [5.41, 5.74) is 8.10. The number of benzene rings is 5. The van der Waals surface area contributed by atoms with Gasteiger partial charge in [0.05, 0.1) is 5.52 Å². The van der Waals surface area contributed by atoms with Gasteiger partial charge in [0.2, 0.25) is 5.89 Å². The van der Waals surface area contributed by atoms with Gasteiger partial charge < -0.3 is 4.42 Å². The largest absolute Gasteiger partial charge is 0.436 e. The summed E-state index contributed by atoms with van der Waals surface area (Å²) >= 11 is 0. The third-order valence-electron chi connectivity index (χ3n) is 6.98. The molecule has 7 aromatic rings. The summed E-state index contributed by atoms with van der Waals surface area (Å²) in [5, 5.41) is 0.998. The maximum Gasteiger partial charge on any atom is 0.227 e. The Morgan fingerprint density at radius 3 is 1.80 bits per heavy atom. The average Bonchev–Trinajstić information content (AvgIpc) is 3.44. The fourth-order valence-corrected chi connectivity index (χ4v) is 4.84. The van der Waals surface area contributed by atoms with Gasteiger partial charge in [-0.2, -0.15) is 0 Å². The summed E-state index contributed by atoms with van der Waals surface area (Å²) in [6, 6.07) is 33.1. The second-order valence-corrected chi connectivity index (χ2v) is 9.53. The van der Waals surface area contributed by atoms with E-state index in [9.17, 15) is 13.2 Å². The van der Waals surface area contributed by atoms with E-state index in [1.165, 1.54) is 0 Å². The van der Waals surface area contributed by atoms with Gasteiger partial charge in [0.15, 0.2) is 23.0 Å². The molecule has 0 saturated carbocycles. The van der Waals surface area contributed by atoms with Crippen molar-refractivity contribution in [1.29, 1.82) is 0 Å². The summed E-state index contributed by atoms with van der Waals surface area (Å²) in [5.74, 6) is -3.30. The van der Waals surface area contributed by atoms with Crippen molar-refractivity contribution in [1.82, 2.24) is 9.97 Å². The van der Waals surface area contributed by atoms with Gasteiger partial charge in [0.1, 0.15) is 5.52 Å². The van der Waals surface area contributed by atoms with Gasteiger partial charge in [0, 0.05) is 22.7 Å². The lowest BCUT2D eigenvalue weighted by Gasteiger charge is -2.08. The molecule has 3 nitrogen and oxygen atoms in total. The standard InChI is InChI=1S/C34H19F3N2O/c35-28-16-26(17-29(36)33(28)37)21-7-5-20(6-8-21)24-13-14-25-15-27(19-38-31(25)18-24)22-9-11-23(12-10-22)34-39-30-3-1-2-4-32(30)40-34/h1-19H. The van der Waals surface area contributed by atoms with Crippen LogP contribution in [0.3, 0.4) is 0 Å². The molecule has 0 spiro atoms. The maximum atomic E-state index is 13.7. The van der Waals surface area contributed by atoms with Crippen LogP contribution in [-0.2, 0) is 0 Å². The summed E-state index contributed by atoms with van der Waals surface area (Å²) in [6.07, 6.45) is 1.85. The smallest absolute Gasteiger partial charge is 0.227 e. The van der Waals surface area contributed by atoms with Crippen molar-refractivity contribution in [3.05, 3.63) is 133 Å². The number of nitrogens with zero attached hydrogens (tertiary/aromatic N) is 2. The number of aromatic nitrogens is 2. The van der Waals surface area contributed by atoms with Crippen LogP contribution in [0.2, 0.25) is 0 Å². The number of oxazole rings is 1. The first-order chi connectivity index (χ1) is 19.5. The number of rotatable bonds is 4. The molecule has 0 atom stereocenters. The van der Waals surface area contributed by atoms with Crippen molar-refractivity contribution < 1.29 is 17.6 Å². The first-order valence-electron chi connectivity index (χ1n) is 12.6. The number of para-hydroxylation sites is 2. The second-order valence-electron chi connectivity index (χ2n) is 9.53. The van der Waals surface area contributed by atoms with E-state index < -0.39 is 17.5 Å². The Hall–Kier alpha value is -5.23. The number of pyridine rings is 1. The fourth-order valence-electron chi connectivity index (χ4n) is 4.84. The molecular weight excluding hydrogens is 509 g/mol.